The van der Waals surface area contributed by atoms with Crippen molar-refractivity contribution in [2.24, 2.45) is 5.73 Å². The largest absolute Gasteiger partial charge is 0.463 e. The van der Waals surface area contributed by atoms with E-state index in [1.54, 1.807) is 0 Å². The number of nitrogen functional groups attached to an aromatic ring is 1. The molecule has 1 aliphatic rings. The first-order chi connectivity index (χ1) is 15.0. The van der Waals surface area contributed by atoms with Crippen LogP contribution in [0.3, 0.4) is 0 Å². The van der Waals surface area contributed by atoms with Crippen LogP contribution in [-0.4, -0.2) is 51.5 Å². The second kappa shape index (κ2) is 12.5. The Morgan fingerprint density at radius 3 is 2.81 bits per heavy atom. The number of nitrogens with zero attached hydrogens (tertiary/aromatic N) is 4. The van der Waals surface area contributed by atoms with E-state index >= 15 is 0 Å². The minimum Gasteiger partial charge on any atom is -0.463 e. The maximum Gasteiger partial charge on any atom is 0.319 e. The molecule has 1 fully saturated rings. The number of piperidine rings is 1. The summed E-state index contributed by atoms with van der Waals surface area (Å²) < 4.78 is 5.63. The molecule has 32 heavy (non-hydrogen) atoms. The van der Waals surface area contributed by atoms with Gasteiger partial charge in [0, 0.05) is 5.56 Å². The van der Waals surface area contributed by atoms with Gasteiger partial charge >= 0.3 is 6.01 Å². The van der Waals surface area contributed by atoms with Crippen molar-refractivity contribution in [2.45, 2.75) is 70.8 Å². The molecular formula is C22H34ClN7O2. The lowest BCUT2D eigenvalue weighted by Crippen LogP contribution is -2.47. The number of hydrogen-bond donors (Lipinski definition) is 3. The van der Waals surface area contributed by atoms with Gasteiger partial charge in [0.15, 0.2) is 5.82 Å². The number of carbonyl (C=O) groups excluding carboxylic acids is 1. The van der Waals surface area contributed by atoms with E-state index in [2.05, 4.69) is 32.8 Å². The number of aryl methyl sites for hydroxylation is 1. The third kappa shape index (κ3) is 6.24. The summed E-state index contributed by atoms with van der Waals surface area (Å²) in [5.41, 5.74) is 14.2. The molecule has 1 aliphatic heterocycles. The number of amides is 1. The Bertz CT molecular complexity index is 940. The molecule has 2 aromatic rings. The Balaban J connectivity index is 0.00000363. The van der Waals surface area contributed by atoms with Crippen molar-refractivity contribution < 1.29 is 9.53 Å². The molecule has 3 rings (SSSR count). The standard InChI is InChI=1S/C22H33N7O2.ClH/c1-2-3-13-31-22-27-18-15(16(14-23)26-19(18)20(24)28-22)9-5-4-7-11-29-12-8-6-10-17(29)21(25)30;/h17,26H,2-13H2,1H3,(H2,25,30)(H2,24,27,28);1H. The molecule has 0 spiro atoms. The number of likely N-dealkylation sites (tertiary alicyclic amines) is 1. The Morgan fingerprint density at radius 1 is 1.28 bits per heavy atom. The van der Waals surface area contributed by atoms with Gasteiger partial charge in [0.05, 0.1) is 12.6 Å². The van der Waals surface area contributed by atoms with Crippen LogP contribution in [0.4, 0.5) is 5.82 Å². The van der Waals surface area contributed by atoms with E-state index < -0.39 is 0 Å². The van der Waals surface area contributed by atoms with E-state index in [4.69, 9.17) is 16.2 Å². The molecule has 0 radical (unpaired) electrons. The molecule has 3 heterocycles. The lowest BCUT2D eigenvalue weighted by molar-refractivity contribution is -0.124. The van der Waals surface area contributed by atoms with Gasteiger partial charge in [-0.3, -0.25) is 9.69 Å². The Kier molecular flexibility index (Phi) is 10.0. The third-order valence-electron chi connectivity index (χ3n) is 5.91. The normalized spacial score (nSPS) is 16.4. The molecule has 0 aliphatic carbocycles. The van der Waals surface area contributed by atoms with Gasteiger partial charge in [0.2, 0.25) is 5.91 Å². The van der Waals surface area contributed by atoms with E-state index in [-0.39, 0.29) is 30.4 Å². The number of nitrogens with one attached hydrogen (secondary N) is 1. The van der Waals surface area contributed by atoms with Crippen molar-refractivity contribution in [3.05, 3.63) is 11.3 Å². The van der Waals surface area contributed by atoms with Crippen molar-refractivity contribution >= 4 is 35.2 Å². The van der Waals surface area contributed by atoms with Gasteiger partial charge in [-0.05, 0) is 51.6 Å². The van der Waals surface area contributed by atoms with Gasteiger partial charge in [-0.25, -0.2) is 0 Å². The number of aromatic amines is 1. The van der Waals surface area contributed by atoms with Crippen LogP contribution < -0.4 is 16.2 Å². The van der Waals surface area contributed by atoms with Crippen molar-refractivity contribution in [1.29, 1.82) is 5.26 Å². The van der Waals surface area contributed by atoms with Crippen molar-refractivity contribution in [3.8, 4) is 12.1 Å². The molecule has 0 aromatic carbocycles. The fourth-order valence-electron chi connectivity index (χ4n) is 4.20. The zero-order valence-electron chi connectivity index (χ0n) is 18.7. The fraction of sp³-hybridized carbons (Fsp3) is 0.636. The maximum absolute atomic E-state index is 11.7. The van der Waals surface area contributed by atoms with E-state index in [0.717, 1.165) is 70.0 Å². The average molecular weight is 464 g/mol. The number of hydrogen-bond acceptors (Lipinski definition) is 7. The van der Waals surface area contributed by atoms with Gasteiger partial charge in [-0.15, -0.1) is 12.4 Å². The number of rotatable bonds is 11. The number of aromatic nitrogens is 3. The molecule has 10 heteroatoms. The van der Waals surface area contributed by atoms with Crippen LogP contribution in [0.1, 0.15) is 69.5 Å². The highest BCUT2D eigenvalue weighted by molar-refractivity contribution is 5.89. The van der Waals surface area contributed by atoms with Gasteiger partial charge < -0.3 is 21.2 Å². The molecule has 1 amide bonds. The second-order valence-electron chi connectivity index (χ2n) is 8.17. The summed E-state index contributed by atoms with van der Waals surface area (Å²) in [6.07, 6.45) is 8.57. The third-order valence-corrected chi connectivity index (χ3v) is 5.91. The van der Waals surface area contributed by atoms with E-state index in [9.17, 15) is 10.1 Å². The first kappa shape index (κ1) is 25.7. The molecule has 9 nitrogen and oxygen atoms in total. The number of unbranched alkanes of at least 4 members (excludes halogenated alkanes) is 3. The monoisotopic (exact) mass is 463 g/mol. The van der Waals surface area contributed by atoms with Crippen LogP contribution >= 0.6 is 12.4 Å². The zero-order chi connectivity index (χ0) is 22.2. The number of ether oxygens (including phenoxy) is 1. The highest BCUT2D eigenvalue weighted by Crippen LogP contribution is 2.27. The van der Waals surface area contributed by atoms with Crippen molar-refractivity contribution in [3.63, 3.8) is 0 Å². The number of carbonyl (C=O) groups is 1. The summed E-state index contributed by atoms with van der Waals surface area (Å²) in [7, 11) is 0. The van der Waals surface area contributed by atoms with Crippen LogP contribution in [0, 0.1) is 11.3 Å². The summed E-state index contributed by atoms with van der Waals surface area (Å²) in [5, 5.41) is 9.56. The quantitative estimate of drug-likeness (QED) is 0.433. The van der Waals surface area contributed by atoms with E-state index in [1.807, 2.05) is 0 Å². The van der Waals surface area contributed by atoms with E-state index in [1.165, 1.54) is 0 Å². The molecule has 1 saturated heterocycles. The molecule has 0 bridgehead atoms. The van der Waals surface area contributed by atoms with Crippen LogP contribution in [0.25, 0.3) is 11.0 Å². The summed E-state index contributed by atoms with van der Waals surface area (Å²) >= 11 is 0. The smallest absolute Gasteiger partial charge is 0.319 e. The van der Waals surface area contributed by atoms with Gasteiger partial charge in [-0.2, -0.15) is 15.2 Å². The molecule has 176 valence electrons. The highest BCUT2D eigenvalue weighted by atomic mass is 35.5. The zero-order valence-corrected chi connectivity index (χ0v) is 19.5. The minimum absolute atomic E-state index is 0. The first-order valence-electron chi connectivity index (χ1n) is 11.3. The Hall–Kier alpha value is -2.57. The van der Waals surface area contributed by atoms with E-state index in [0.29, 0.717) is 35.6 Å². The van der Waals surface area contributed by atoms with Crippen LogP contribution in [0.2, 0.25) is 0 Å². The number of nitriles is 1. The number of halogens is 1. The molecule has 5 N–H and O–H groups in total. The van der Waals surface area contributed by atoms with Crippen LogP contribution in [0.5, 0.6) is 6.01 Å². The summed E-state index contributed by atoms with van der Waals surface area (Å²) in [5.74, 6) is 0.0771. The SMILES string of the molecule is CCCCOc1nc(N)c2[nH]c(C#N)c(CCCCCN3CCCCC3C(N)=O)c2n1.Cl. The van der Waals surface area contributed by atoms with Crippen molar-refractivity contribution in [2.75, 3.05) is 25.4 Å². The van der Waals surface area contributed by atoms with Crippen molar-refractivity contribution in [1.82, 2.24) is 19.9 Å². The molecule has 1 atom stereocenters. The van der Waals surface area contributed by atoms with Crippen LogP contribution in [-0.2, 0) is 11.2 Å². The van der Waals surface area contributed by atoms with Gasteiger partial charge in [-0.1, -0.05) is 26.2 Å². The topological polar surface area (TPSA) is 147 Å². The lowest BCUT2D eigenvalue weighted by atomic mass is 10.0. The average Bonchev–Trinajstić information content (AvgIpc) is 3.12. The highest BCUT2D eigenvalue weighted by Gasteiger charge is 2.26. The number of primary amides is 1. The first-order valence-corrected chi connectivity index (χ1v) is 11.3. The second-order valence-corrected chi connectivity index (χ2v) is 8.17. The Morgan fingerprint density at radius 2 is 2.09 bits per heavy atom. The number of fused-ring (bicyclic) bond motifs is 1. The molecule has 1 unspecified atom stereocenters. The van der Waals surface area contributed by atoms with Gasteiger partial charge in [0.1, 0.15) is 22.8 Å². The molecule has 0 saturated carbocycles. The predicted octanol–water partition coefficient (Wildman–Crippen LogP) is 3.07. The molecule has 2 aromatic heterocycles. The number of H-pyrrole nitrogens is 1. The summed E-state index contributed by atoms with van der Waals surface area (Å²) in [6, 6.07) is 2.34. The molecular weight excluding hydrogens is 430 g/mol. The fourth-order valence-corrected chi connectivity index (χ4v) is 4.20. The maximum atomic E-state index is 11.7. The lowest BCUT2D eigenvalue weighted by Gasteiger charge is -2.33. The minimum atomic E-state index is -0.216. The summed E-state index contributed by atoms with van der Waals surface area (Å²) in [4.78, 5) is 25.7. The Labute approximate surface area is 195 Å². The predicted molar refractivity (Wildman–Crippen MR) is 127 cm³/mol. The van der Waals surface area contributed by atoms with Crippen LogP contribution in [0.15, 0.2) is 0 Å². The number of anilines is 1. The summed E-state index contributed by atoms with van der Waals surface area (Å²) in [6.45, 7) is 4.43. The van der Waals surface area contributed by atoms with Gasteiger partial charge in [0.25, 0.3) is 0 Å². The number of nitrogens with two attached hydrogens (primary N) is 2.